The first kappa shape index (κ1) is 20.1. The Balaban J connectivity index is 1.40. The Hall–Kier alpha value is -3.15. The lowest BCUT2D eigenvalue weighted by Gasteiger charge is -2.33. The van der Waals surface area contributed by atoms with Crippen molar-refractivity contribution in [3.8, 4) is 0 Å². The van der Waals surface area contributed by atoms with Crippen LogP contribution in [0.3, 0.4) is 0 Å². The highest BCUT2D eigenvalue weighted by Gasteiger charge is 2.27. The molecule has 6 heteroatoms. The number of aromatic nitrogens is 2. The zero-order valence-corrected chi connectivity index (χ0v) is 17.6. The molecule has 1 N–H and O–H groups in total. The third-order valence-electron chi connectivity index (χ3n) is 5.81. The van der Waals surface area contributed by atoms with Gasteiger partial charge in [0.05, 0.1) is 5.69 Å². The van der Waals surface area contributed by atoms with E-state index in [1.54, 1.807) is 4.68 Å². The summed E-state index contributed by atoms with van der Waals surface area (Å²) in [5, 5.41) is 9.50. The molecule has 4 rings (SSSR count). The molecule has 0 radical (unpaired) electrons. The Morgan fingerprint density at radius 3 is 2.80 bits per heavy atom. The smallest absolute Gasteiger partial charge is 0.272 e. The van der Waals surface area contributed by atoms with E-state index in [-0.39, 0.29) is 17.7 Å². The Labute approximate surface area is 176 Å². The molecule has 0 spiro atoms. The molecule has 0 saturated carbocycles. The van der Waals surface area contributed by atoms with Crippen molar-refractivity contribution in [1.29, 1.82) is 0 Å². The van der Waals surface area contributed by atoms with Gasteiger partial charge in [0.15, 0.2) is 0 Å². The second kappa shape index (κ2) is 8.69. The normalized spacial score (nSPS) is 16.6. The quantitative estimate of drug-likeness (QED) is 0.706. The molecular formula is C24H28N4O2. The maximum atomic E-state index is 13.0. The van der Waals surface area contributed by atoms with Crippen LogP contribution in [0.1, 0.15) is 46.3 Å². The summed E-state index contributed by atoms with van der Waals surface area (Å²) in [6.07, 6.45) is 1.95. The number of likely N-dealkylation sites (tertiary alicyclic amines) is 1. The second-order valence-electron chi connectivity index (χ2n) is 7.98. The van der Waals surface area contributed by atoms with Gasteiger partial charge in [-0.05, 0) is 55.5 Å². The molecule has 2 heterocycles. The predicted octanol–water partition coefficient (Wildman–Crippen LogP) is 3.65. The van der Waals surface area contributed by atoms with E-state index in [1.165, 1.54) is 0 Å². The minimum absolute atomic E-state index is 0.0301. The van der Waals surface area contributed by atoms with Crippen molar-refractivity contribution in [1.82, 2.24) is 20.0 Å². The lowest BCUT2D eigenvalue weighted by Crippen LogP contribution is -2.44. The molecule has 1 fully saturated rings. The van der Waals surface area contributed by atoms with E-state index in [4.69, 9.17) is 0 Å². The Morgan fingerprint density at radius 2 is 1.97 bits per heavy atom. The lowest BCUT2D eigenvalue weighted by atomic mass is 9.97. The molecule has 0 bridgehead atoms. The molecule has 0 aliphatic carbocycles. The van der Waals surface area contributed by atoms with E-state index in [1.807, 2.05) is 67.3 Å². The highest BCUT2D eigenvalue weighted by molar-refractivity contribution is 6.07. The van der Waals surface area contributed by atoms with Gasteiger partial charge in [-0.1, -0.05) is 36.4 Å². The summed E-state index contributed by atoms with van der Waals surface area (Å²) in [7, 11) is 0. The Bertz CT molecular complexity index is 1070. The number of carbonyl (C=O) groups is 2. The summed E-state index contributed by atoms with van der Waals surface area (Å²) >= 11 is 0. The van der Waals surface area contributed by atoms with E-state index in [0.29, 0.717) is 30.9 Å². The summed E-state index contributed by atoms with van der Waals surface area (Å²) < 4.78 is 1.77. The van der Waals surface area contributed by atoms with Gasteiger partial charge in [-0.2, -0.15) is 5.10 Å². The SMILES string of the molecule is CCn1nc(C)cc1C(=O)N1CCC[C@@H](CNC(=O)c2cccc3ccccc23)C1. The van der Waals surface area contributed by atoms with Gasteiger partial charge in [0, 0.05) is 31.7 Å². The molecular weight excluding hydrogens is 376 g/mol. The molecule has 2 amide bonds. The molecule has 1 aliphatic heterocycles. The summed E-state index contributed by atoms with van der Waals surface area (Å²) in [6.45, 7) is 6.55. The first-order valence-corrected chi connectivity index (χ1v) is 10.7. The van der Waals surface area contributed by atoms with Crippen molar-refractivity contribution in [3.05, 3.63) is 65.5 Å². The second-order valence-corrected chi connectivity index (χ2v) is 7.98. The minimum atomic E-state index is -0.0602. The molecule has 0 unspecified atom stereocenters. The highest BCUT2D eigenvalue weighted by Crippen LogP contribution is 2.21. The predicted molar refractivity (Wildman–Crippen MR) is 118 cm³/mol. The van der Waals surface area contributed by atoms with Gasteiger partial charge in [0.25, 0.3) is 11.8 Å². The first-order chi connectivity index (χ1) is 14.6. The molecule has 156 valence electrons. The van der Waals surface area contributed by atoms with Gasteiger partial charge in [-0.15, -0.1) is 0 Å². The van der Waals surface area contributed by atoms with E-state index >= 15 is 0 Å². The van der Waals surface area contributed by atoms with Gasteiger partial charge in [-0.25, -0.2) is 0 Å². The lowest BCUT2D eigenvalue weighted by molar-refractivity contribution is 0.0658. The fraction of sp³-hybridized carbons (Fsp3) is 0.375. The van der Waals surface area contributed by atoms with Crippen LogP contribution in [0.4, 0.5) is 0 Å². The molecule has 1 aliphatic rings. The first-order valence-electron chi connectivity index (χ1n) is 10.7. The molecule has 1 aromatic heterocycles. The number of carbonyl (C=O) groups excluding carboxylic acids is 2. The monoisotopic (exact) mass is 404 g/mol. The van der Waals surface area contributed by atoms with Gasteiger partial charge in [0.1, 0.15) is 5.69 Å². The van der Waals surface area contributed by atoms with Crippen molar-refractivity contribution in [2.45, 2.75) is 33.2 Å². The fourth-order valence-corrected chi connectivity index (χ4v) is 4.29. The van der Waals surface area contributed by atoms with Gasteiger partial charge in [-0.3, -0.25) is 14.3 Å². The topological polar surface area (TPSA) is 67.2 Å². The molecule has 3 aromatic rings. The number of nitrogens with one attached hydrogen (secondary N) is 1. The standard InChI is InChI=1S/C24H28N4O2/c1-3-28-22(14-17(2)26-28)24(30)27-13-7-8-18(16-27)15-25-23(29)21-12-6-10-19-9-4-5-11-20(19)21/h4-6,9-12,14,18H,3,7-8,13,15-16H2,1-2H3,(H,25,29)/t18-/m0/s1. The largest absolute Gasteiger partial charge is 0.352 e. The third-order valence-corrected chi connectivity index (χ3v) is 5.81. The summed E-state index contributed by atoms with van der Waals surface area (Å²) in [5.74, 6) is 0.221. The maximum absolute atomic E-state index is 13.0. The van der Waals surface area contributed by atoms with E-state index in [0.717, 1.165) is 35.9 Å². The van der Waals surface area contributed by atoms with E-state index in [2.05, 4.69) is 10.4 Å². The molecule has 1 atom stereocenters. The average molecular weight is 405 g/mol. The minimum Gasteiger partial charge on any atom is -0.352 e. The van der Waals surface area contributed by atoms with E-state index < -0.39 is 0 Å². The number of nitrogens with zero attached hydrogens (tertiary/aromatic N) is 3. The van der Waals surface area contributed by atoms with Crippen LogP contribution < -0.4 is 5.32 Å². The van der Waals surface area contributed by atoms with Crippen LogP contribution in [0.2, 0.25) is 0 Å². The number of amides is 2. The molecule has 1 saturated heterocycles. The molecule has 2 aromatic carbocycles. The third kappa shape index (κ3) is 4.08. The maximum Gasteiger partial charge on any atom is 0.272 e. The Kier molecular flexibility index (Phi) is 5.84. The number of hydrogen-bond acceptors (Lipinski definition) is 3. The summed E-state index contributed by atoms with van der Waals surface area (Å²) in [6, 6.07) is 15.6. The summed E-state index contributed by atoms with van der Waals surface area (Å²) in [4.78, 5) is 27.7. The van der Waals surface area contributed by atoms with Crippen molar-refractivity contribution < 1.29 is 9.59 Å². The van der Waals surface area contributed by atoms with Crippen molar-refractivity contribution >= 4 is 22.6 Å². The molecule has 30 heavy (non-hydrogen) atoms. The van der Waals surface area contributed by atoms with Crippen molar-refractivity contribution in [2.75, 3.05) is 19.6 Å². The number of piperidine rings is 1. The average Bonchev–Trinajstić information content (AvgIpc) is 3.17. The van der Waals surface area contributed by atoms with Crippen LogP contribution >= 0.6 is 0 Å². The van der Waals surface area contributed by atoms with Gasteiger partial charge < -0.3 is 10.2 Å². The van der Waals surface area contributed by atoms with Crippen LogP contribution in [-0.2, 0) is 6.54 Å². The van der Waals surface area contributed by atoms with E-state index in [9.17, 15) is 9.59 Å². The van der Waals surface area contributed by atoms with Crippen LogP contribution in [0, 0.1) is 12.8 Å². The zero-order valence-electron chi connectivity index (χ0n) is 17.6. The van der Waals surface area contributed by atoms with Crippen LogP contribution in [-0.4, -0.2) is 46.1 Å². The molecule has 6 nitrogen and oxygen atoms in total. The van der Waals surface area contributed by atoms with Crippen molar-refractivity contribution in [2.24, 2.45) is 5.92 Å². The van der Waals surface area contributed by atoms with Gasteiger partial charge >= 0.3 is 0 Å². The number of rotatable bonds is 5. The van der Waals surface area contributed by atoms with Crippen molar-refractivity contribution in [3.63, 3.8) is 0 Å². The number of benzene rings is 2. The fourth-order valence-electron chi connectivity index (χ4n) is 4.29. The van der Waals surface area contributed by atoms with Crippen LogP contribution in [0.15, 0.2) is 48.5 Å². The number of fused-ring (bicyclic) bond motifs is 1. The Morgan fingerprint density at radius 1 is 1.17 bits per heavy atom. The zero-order chi connectivity index (χ0) is 21.1. The summed E-state index contributed by atoms with van der Waals surface area (Å²) in [5.41, 5.74) is 2.20. The highest BCUT2D eigenvalue weighted by atomic mass is 16.2. The van der Waals surface area contributed by atoms with Crippen LogP contribution in [0.5, 0.6) is 0 Å². The number of aryl methyl sites for hydroxylation is 2. The van der Waals surface area contributed by atoms with Crippen LogP contribution in [0.25, 0.3) is 10.8 Å². The number of hydrogen-bond donors (Lipinski definition) is 1. The van der Waals surface area contributed by atoms with Gasteiger partial charge in [0.2, 0.25) is 0 Å².